The molecule has 0 radical (unpaired) electrons. The van der Waals surface area contributed by atoms with Crippen molar-refractivity contribution in [1.82, 2.24) is 9.47 Å². The molecular weight excluding hydrogens is 462 g/mol. The Morgan fingerprint density at radius 3 is 2.74 bits per heavy atom. The van der Waals surface area contributed by atoms with Crippen molar-refractivity contribution in [3.8, 4) is 5.75 Å². The number of ether oxygens (including phenoxy) is 1. The maximum Gasteiger partial charge on any atom is 0.260 e. The first-order valence-corrected chi connectivity index (χ1v) is 12.3. The molecule has 3 aliphatic rings. The summed E-state index contributed by atoms with van der Waals surface area (Å²) in [6.45, 7) is 2.88. The van der Waals surface area contributed by atoms with Crippen LogP contribution in [0, 0.1) is 5.92 Å². The van der Waals surface area contributed by atoms with Gasteiger partial charge in [-0.05, 0) is 42.7 Å². The molecule has 6 nitrogen and oxygen atoms in total. The lowest BCUT2D eigenvalue weighted by Gasteiger charge is -2.43. The molecule has 1 fully saturated rings. The molecule has 0 aliphatic carbocycles. The summed E-state index contributed by atoms with van der Waals surface area (Å²) in [4.78, 5) is 30.3. The third-order valence-electron chi connectivity index (χ3n) is 7.35. The summed E-state index contributed by atoms with van der Waals surface area (Å²) in [5.41, 5.74) is 4.38. The van der Waals surface area contributed by atoms with E-state index in [1.165, 1.54) is 0 Å². The number of amides is 1. The van der Waals surface area contributed by atoms with Crippen LogP contribution in [0.25, 0.3) is 11.6 Å². The maximum absolute atomic E-state index is 13.7. The molecule has 1 saturated heterocycles. The van der Waals surface area contributed by atoms with E-state index in [0.29, 0.717) is 23.2 Å². The van der Waals surface area contributed by atoms with Gasteiger partial charge in [0.1, 0.15) is 5.75 Å². The number of piperidine rings is 1. The average molecular weight is 488 g/mol. The van der Waals surface area contributed by atoms with E-state index >= 15 is 0 Å². The first-order valence-electron chi connectivity index (χ1n) is 11.9. The number of benzene rings is 2. The highest BCUT2D eigenvalue weighted by atomic mass is 35.5. The molecule has 35 heavy (non-hydrogen) atoms. The molecular formula is C28H26ClN3O3. The smallest absolute Gasteiger partial charge is 0.260 e. The average Bonchev–Trinajstić information content (AvgIpc) is 3.10. The van der Waals surface area contributed by atoms with E-state index in [1.54, 1.807) is 13.2 Å². The Morgan fingerprint density at radius 2 is 1.89 bits per heavy atom. The van der Waals surface area contributed by atoms with Gasteiger partial charge in [-0.1, -0.05) is 41.9 Å². The van der Waals surface area contributed by atoms with Crippen molar-refractivity contribution in [3.05, 3.63) is 92.9 Å². The van der Waals surface area contributed by atoms with Gasteiger partial charge in [0.25, 0.3) is 11.5 Å². The van der Waals surface area contributed by atoms with Crippen molar-refractivity contribution in [2.75, 3.05) is 31.8 Å². The normalized spacial score (nSPS) is 22.3. The van der Waals surface area contributed by atoms with Crippen LogP contribution in [-0.4, -0.2) is 42.2 Å². The van der Waals surface area contributed by atoms with Gasteiger partial charge in [-0.25, -0.2) is 0 Å². The van der Waals surface area contributed by atoms with E-state index in [1.807, 2.05) is 64.1 Å². The minimum absolute atomic E-state index is 0.0412. The lowest BCUT2D eigenvalue weighted by atomic mass is 9.83. The second-order valence-corrected chi connectivity index (χ2v) is 10.0. The predicted octanol–water partition coefficient (Wildman–Crippen LogP) is 4.47. The Kier molecular flexibility index (Phi) is 5.50. The number of likely N-dealkylation sites (tertiary alicyclic amines) is 1. The number of fused-ring (bicyclic) bond motifs is 5. The Morgan fingerprint density at radius 1 is 1.03 bits per heavy atom. The van der Waals surface area contributed by atoms with Crippen LogP contribution < -0.4 is 15.2 Å². The van der Waals surface area contributed by atoms with Crippen LogP contribution in [-0.2, 0) is 11.3 Å². The fourth-order valence-electron chi connectivity index (χ4n) is 5.86. The Hall–Kier alpha value is -3.35. The zero-order valence-electron chi connectivity index (χ0n) is 19.5. The van der Waals surface area contributed by atoms with Crippen molar-refractivity contribution in [3.63, 3.8) is 0 Å². The van der Waals surface area contributed by atoms with Gasteiger partial charge in [0.05, 0.1) is 19.5 Å². The van der Waals surface area contributed by atoms with Crippen molar-refractivity contribution < 1.29 is 9.53 Å². The van der Waals surface area contributed by atoms with Gasteiger partial charge in [-0.15, -0.1) is 0 Å². The first kappa shape index (κ1) is 22.1. The largest absolute Gasteiger partial charge is 0.496 e. The number of aromatic nitrogens is 1. The number of carbonyl (C=O) groups is 1. The van der Waals surface area contributed by atoms with Crippen molar-refractivity contribution in [2.24, 2.45) is 5.92 Å². The van der Waals surface area contributed by atoms with Gasteiger partial charge in [-0.3, -0.25) is 19.4 Å². The van der Waals surface area contributed by atoms with E-state index in [2.05, 4.69) is 11.0 Å². The van der Waals surface area contributed by atoms with Crippen LogP contribution in [0.1, 0.15) is 29.2 Å². The molecule has 2 unspecified atom stereocenters. The molecule has 3 aliphatic heterocycles. The number of hydrogen-bond acceptors (Lipinski definition) is 4. The second-order valence-electron chi connectivity index (χ2n) is 9.57. The number of carbonyl (C=O) groups excluding carboxylic acids is 1. The second kappa shape index (κ2) is 8.70. The number of methoxy groups -OCH3 is 1. The molecule has 2 atom stereocenters. The number of hydrogen-bond donors (Lipinski definition) is 0. The molecule has 178 valence electrons. The van der Waals surface area contributed by atoms with Gasteiger partial charge in [0.2, 0.25) is 0 Å². The quantitative estimate of drug-likeness (QED) is 0.509. The predicted molar refractivity (Wildman–Crippen MR) is 138 cm³/mol. The van der Waals surface area contributed by atoms with Crippen molar-refractivity contribution >= 4 is 34.8 Å². The van der Waals surface area contributed by atoms with Crippen molar-refractivity contribution in [1.29, 1.82) is 0 Å². The molecule has 2 aromatic carbocycles. The first-order chi connectivity index (χ1) is 17.0. The number of rotatable bonds is 4. The monoisotopic (exact) mass is 487 g/mol. The minimum Gasteiger partial charge on any atom is -0.496 e. The lowest BCUT2D eigenvalue weighted by molar-refractivity contribution is -0.113. The summed E-state index contributed by atoms with van der Waals surface area (Å²) >= 11 is 6.36. The summed E-state index contributed by atoms with van der Waals surface area (Å²) in [5.74, 6) is 1.36. The number of anilines is 1. The highest BCUT2D eigenvalue weighted by Gasteiger charge is 2.38. The van der Waals surface area contributed by atoms with E-state index in [9.17, 15) is 9.59 Å². The topological polar surface area (TPSA) is 54.8 Å². The molecule has 2 bridgehead atoms. The zero-order valence-corrected chi connectivity index (χ0v) is 20.2. The summed E-state index contributed by atoms with van der Waals surface area (Å²) in [6, 6.07) is 18.9. The van der Waals surface area contributed by atoms with Gasteiger partial charge >= 0.3 is 0 Å². The zero-order chi connectivity index (χ0) is 24.1. The molecule has 4 heterocycles. The van der Waals surface area contributed by atoms with E-state index < -0.39 is 0 Å². The minimum atomic E-state index is -0.0412. The SMILES string of the molecule is COc1ccccc1/C=C1\C(=O)N(CN2CC3CC(C2)c2cccc(=O)n2C3)c2cc(Cl)ccc21. The molecule has 0 spiro atoms. The van der Waals surface area contributed by atoms with Gasteiger partial charge in [0.15, 0.2) is 0 Å². The summed E-state index contributed by atoms with van der Waals surface area (Å²) < 4.78 is 7.43. The molecule has 7 heteroatoms. The van der Waals surface area contributed by atoms with E-state index in [-0.39, 0.29) is 17.4 Å². The molecule has 3 aromatic rings. The Bertz CT molecular complexity index is 1410. The van der Waals surface area contributed by atoms with Crippen LogP contribution in [0.3, 0.4) is 0 Å². The molecule has 1 aromatic heterocycles. The highest BCUT2D eigenvalue weighted by molar-refractivity contribution is 6.37. The molecule has 1 amide bonds. The van der Waals surface area contributed by atoms with E-state index in [0.717, 1.165) is 54.3 Å². The van der Waals surface area contributed by atoms with Crippen molar-refractivity contribution in [2.45, 2.75) is 18.9 Å². The van der Waals surface area contributed by atoms with Crippen LogP contribution >= 0.6 is 11.6 Å². The fourth-order valence-corrected chi connectivity index (χ4v) is 6.02. The van der Waals surface area contributed by atoms with Crippen LogP contribution in [0.5, 0.6) is 5.75 Å². The van der Waals surface area contributed by atoms with Crippen LogP contribution in [0.4, 0.5) is 5.69 Å². The van der Waals surface area contributed by atoms with E-state index in [4.69, 9.17) is 16.3 Å². The number of para-hydroxylation sites is 1. The lowest BCUT2D eigenvalue weighted by Crippen LogP contribution is -2.50. The highest BCUT2D eigenvalue weighted by Crippen LogP contribution is 2.41. The molecule has 0 N–H and O–H groups in total. The van der Waals surface area contributed by atoms with Crippen LogP contribution in [0.15, 0.2) is 65.5 Å². The summed E-state index contributed by atoms with van der Waals surface area (Å²) in [5, 5.41) is 0.601. The van der Waals surface area contributed by atoms with Gasteiger partial charge < -0.3 is 9.30 Å². The summed E-state index contributed by atoms with van der Waals surface area (Å²) in [6.07, 6.45) is 2.98. The van der Waals surface area contributed by atoms with Crippen LogP contribution in [0.2, 0.25) is 5.02 Å². The van der Waals surface area contributed by atoms with Gasteiger partial charge in [-0.2, -0.15) is 0 Å². The van der Waals surface area contributed by atoms with Gasteiger partial charge in [0, 0.05) is 59.0 Å². The number of pyridine rings is 1. The Balaban J connectivity index is 1.32. The third-order valence-corrected chi connectivity index (χ3v) is 7.59. The molecule has 0 saturated carbocycles. The number of nitrogens with zero attached hydrogens (tertiary/aromatic N) is 3. The number of halogens is 1. The summed E-state index contributed by atoms with van der Waals surface area (Å²) in [7, 11) is 1.63. The standard InChI is InChI=1S/C28H26ClN3O3/c1-35-26-7-3-2-5-19(26)12-23-22-10-9-21(29)13-25(22)32(28(23)34)17-30-14-18-11-20(16-30)24-6-4-8-27(33)31(24)15-18/h2-10,12-13,18,20H,11,14-17H2,1H3/b23-12-. The maximum atomic E-state index is 13.7. The fraction of sp³-hybridized carbons (Fsp3) is 0.286. The third kappa shape index (κ3) is 3.87. The molecule has 6 rings (SSSR count). The Labute approximate surface area is 209 Å².